The molecule has 4 heterocycles. The summed E-state index contributed by atoms with van der Waals surface area (Å²) < 4.78 is 15.1. The number of carbonyl (C=O) groups is 1. The van der Waals surface area contributed by atoms with E-state index < -0.39 is 10.8 Å². The van der Waals surface area contributed by atoms with Gasteiger partial charge in [0, 0.05) is 49.3 Å². The molecule has 0 bridgehead atoms. The van der Waals surface area contributed by atoms with Crippen LogP contribution < -0.4 is 21.1 Å². The Morgan fingerprint density at radius 2 is 1.95 bits per heavy atom. The van der Waals surface area contributed by atoms with Gasteiger partial charge in [0.2, 0.25) is 5.91 Å². The zero-order chi connectivity index (χ0) is 27.1. The van der Waals surface area contributed by atoms with Crippen LogP contribution in [0, 0.1) is 13.8 Å². The molecule has 2 atom stereocenters. The van der Waals surface area contributed by atoms with Gasteiger partial charge in [0.25, 0.3) is 5.56 Å². The number of anilines is 1. The average Bonchev–Trinajstić information content (AvgIpc) is 3.59. The predicted molar refractivity (Wildman–Crippen MR) is 150 cm³/mol. The van der Waals surface area contributed by atoms with Crippen LogP contribution in [0.15, 0.2) is 51.1 Å². The molecular formula is C27H32N8O3S. The molecule has 2 aromatic carbocycles. The van der Waals surface area contributed by atoms with Gasteiger partial charge >= 0.3 is 0 Å². The van der Waals surface area contributed by atoms with E-state index in [0.29, 0.717) is 22.3 Å². The third kappa shape index (κ3) is 5.07. The van der Waals surface area contributed by atoms with E-state index in [1.165, 1.54) is 0 Å². The number of hydrogen-bond acceptors (Lipinski definition) is 8. The Morgan fingerprint density at radius 3 is 2.69 bits per heavy atom. The monoisotopic (exact) mass is 548 g/mol. The zero-order valence-corrected chi connectivity index (χ0v) is 22.9. The van der Waals surface area contributed by atoms with Crippen molar-refractivity contribution in [1.29, 1.82) is 0 Å². The summed E-state index contributed by atoms with van der Waals surface area (Å²) in [4.78, 5) is 34.7. The lowest BCUT2D eigenvalue weighted by Gasteiger charge is -2.36. The highest BCUT2D eigenvalue weighted by Crippen LogP contribution is 2.25. The average molecular weight is 549 g/mol. The van der Waals surface area contributed by atoms with Gasteiger partial charge in [0.1, 0.15) is 10.8 Å². The third-order valence-corrected chi connectivity index (χ3v) is 9.03. The van der Waals surface area contributed by atoms with Gasteiger partial charge in [0.05, 0.1) is 17.4 Å². The molecule has 6 rings (SSSR count). The molecule has 39 heavy (non-hydrogen) atoms. The summed E-state index contributed by atoms with van der Waals surface area (Å²) in [6.45, 7) is 9.15. The van der Waals surface area contributed by atoms with E-state index in [1.807, 2.05) is 44.2 Å². The molecule has 2 aliphatic rings. The standard InChI is InChI=1S/C27H32N8O3S/c1-17-3-6-23(18(2)13-17)39(38)27-25-30-26(37)21-5-4-20(14-22(21)35(25)32-31-27)34-11-9-33(10-12-34)16-24(36)29-19-7-8-28-15-19/h3-6,13-14,19,28,32H,7-12,15-16H2,1-2H3,(H,29,36). The molecule has 204 valence electrons. The van der Waals surface area contributed by atoms with Crippen molar-refractivity contribution in [2.24, 2.45) is 0 Å². The maximum atomic E-state index is 13.4. The maximum Gasteiger partial charge on any atom is 0.281 e. The van der Waals surface area contributed by atoms with Crippen LogP contribution in [0.25, 0.3) is 16.6 Å². The molecule has 2 aliphatic heterocycles. The molecule has 0 aliphatic carbocycles. The summed E-state index contributed by atoms with van der Waals surface area (Å²) in [7, 11) is -1.60. The quantitative estimate of drug-likeness (QED) is 0.325. The largest absolute Gasteiger partial charge is 0.369 e. The van der Waals surface area contributed by atoms with Crippen molar-refractivity contribution < 1.29 is 9.00 Å². The van der Waals surface area contributed by atoms with Gasteiger partial charge in [-0.2, -0.15) is 4.98 Å². The summed E-state index contributed by atoms with van der Waals surface area (Å²) in [5.74, 6) is 0.0744. The van der Waals surface area contributed by atoms with Crippen LogP contribution in [0.1, 0.15) is 17.5 Å². The van der Waals surface area contributed by atoms with E-state index in [0.717, 1.165) is 62.5 Å². The molecule has 2 aromatic heterocycles. The molecule has 12 heteroatoms. The maximum absolute atomic E-state index is 13.4. The van der Waals surface area contributed by atoms with Crippen molar-refractivity contribution in [3.63, 3.8) is 0 Å². The predicted octanol–water partition coefficient (Wildman–Crippen LogP) is 0.954. The van der Waals surface area contributed by atoms with E-state index in [1.54, 1.807) is 10.6 Å². The molecule has 0 spiro atoms. The van der Waals surface area contributed by atoms with E-state index in [2.05, 4.69) is 35.7 Å². The highest BCUT2D eigenvalue weighted by molar-refractivity contribution is 7.85. The van der Waals surface area contributed by atoms with Gasteiger partial charge in [-0.3, -0.25) is 14.5 Å². The lowest BCUT2D eigenvalue weighted by molar-refractivity contribution is -0.122. The van der Waals surface area contributed by atoms with Crippen molar-refractivity contribution in [3.05, 3.63) is 57.9 Å². The van der Waals surface area contributed by atoms with Gasteiger partial charge in [-0.05, 0) is 56.6 Å². The van der Waals surface area contributed by atoms with Gasteiger partial charge in [-0.1, -0.05) is 17.7 Å². The summed E-state index contributed by atoms with van der Waals surface area (Å²) in [5.41, 5.74) is 3.45. The van der Waals surface area contributed by atoms with Gasteiger partial charge in [0.15, 0.2) is 10.7 Å². The van der Waals surface area contributed by atoms with Crippen LogP contribution in [0.4, 0.5) is 5.69 Å². The lowest BCUT2D eigenvalue weighted by Crippen LogP contribution is -2.50. The number of carbonyl (C=O) groups excluding carboxylic acids is 1. The number of benzene rings is 2. The van der Waals surface area contributed by atoms with Crippen LogP contribution in [0.5, 0.6) is 0 Å². The topological polar surface area (TPSA) is 128 Å². The van der Waals surface area contributed by atoms with Crippen LogP contribution in [-0.2, 0) is 15.6 Å². The summed E-state index contributed by atoms with van der Waals surface area (Å²) in [5, 5.41) is 14.3. The van der Waals surface area contributed by atoms with Crippen molar-refractivity contribution in [1.82, 2.24) is 35.3 Å². The fourth-order valence-corrected chi connectivity index (χ4v) is 6.63. The number of nitrogens with zero attached hydrogens (tertiary/aromatic N) is 5. The Balaban J connectivity index is 1.22. The number of rotatable bonds is 6. The SMILES string of the molecule is Cc1ccc(S(=O)c2n[nH]n3c2nc(=O)c2ccc(N4CCN(CC(=O)NC5CCNC5)CC4)cc23)c(C)c1. The first-order chi connectivity index (χ1) is 18.9. The number of hydrogen-bond donors (Lipinski definition) is 3. The highest BCUT2D eigenvalue weighted by Gasteiger charge is 2.24. The lowest BCUT2D eigenvalue weighted by atomic mass is 10.2. The number of amides is 1. The van der Waals surface area contributed by atoms with E-state index >= 15 is 0 Å². The van der Waals surface area contributed by atoms with E-state index in [-0.39, 0.29) is 28.2 Å². The second kappa shape index (κ2) is 10.5. The first-order valence-corrected chi connectivity index (χ1v) is 14.4. The first kappa shape index (κ1) is 25.7. The Hall–Kier alpha value is -3.61. The normalized spacial score (nSPS) is 19.1. The molecule has 1 amide bonds. The fraction of sp³-hybridized carbons (Fsp3) is 0.407. The summed E-state index contributed by atoms with van der Waals surface area (Å²) in [6.07, 6.45) is 0.979. The molecule has 4 aromatic rings. The molecule has 0 radical (unpaired) electrons. The third-order valence-electron chi connectivity index (χ3n) is 7.55. The van der Waals surface area contributed by atoms with Crippen molar-refractivity contribution >= 4 is 38.9 Å². The number of nitrogens with one attached hydrogen (secondary N) is 3. The highest BCUT2D eigenvalue weighted by atomic mass is 32.2. The van der Waals surface area contributed by atoms with Crippen molar-refractivity contribution in [3.8, 4) is 0 Å². The summed E-state index contributed by atoms with van der Waals surface area (Å²) >= 11 is 0. The van der Waals surface area contributed by atoms with Crippen molar-refractivity contribution in [2.75, 3.05) is 50.7 Å². The smallest absolute Gasteiger partial charge is 0.281 e. The number of aromatic nitrogens is 4. The number of fused-ring (bicyclic) bond motifs is 3. The molecule has 2 saturated heterocycles. The van der Waals surface area contributed by atoms with Crippen LogP contribution >= 0.6 is 0 Å². The van der Waals surface area contributed by atoms with Crippen LogP contribution in [0.2, 0.25) is 0 Å². The van der Waals surface area contributed by atoms with Gasteiger partial charge in [-0.25, -0.2) is 13.9 Å². The Morgan fingerprint density at radius 1 is 1.13 bits per heavy atom. The minimum Gasteiger partial charge on any atom is -0.369 e. The Labute approximate surface area is 228 Å². The number of aromatic amines is 1. The molecule has 3 N–H and O–H groups in total. The van der Waals surface area contributed by atoms with E-state index in [4.69, 9.17) is 0 Å². The number of aryl methyl sites for hydroxylation is 2. The fourth-order valence-electron chi connectivity index (χ4n) is 5.45. The summed E-state index contributed by atoms with van der Waals surface area (Å²) in [6, 6.07) is 11.6. The second-order valence-corrected chi connectivity index (χ2v) is 11.7. The van der Waals surface area contributed by atoms with Gasteiger partial charge in [-0.15, -0.1) is 5.10 Å². The molecular weight excluding hydrogens is 516 g/mol. The molecule has 11 nitrogen and oxygen atoms in total. The Kier molecular flexibility index (Phi) is 6.92. The van der Waals surface area contributed by atoms with Crippen LogP contribution in [-0.4, -0.2) is 86.7 Å². The molecule has 2 fully saturated rings. The zero-order valence-electron chi connectivity index (χ0n) is 22.1. The first-order valence-electron chi connectivity index (χ1n) is 13.2. The molecule has 0 saturated carbocycles. The minimum absolute atomic E-state index is 0.0744. The number of H-pyrrole nitrogens is 1. The second-order valence-electron chi connectivity index (χ2n) is 10.4. The van der Waals surface area contributed by atoms with E-state index in [9.17, 15) is 13.8 Å². The number of piperazine rings is 1. The van der Waals surface area contributed by atoms with Crippen LogP contribution in [0.3, 0.4) is 0 Å². The van der Waals surface area contributed by atoms with Gasteiger partial charge < -0.3 is 15.5 Å². The van der Waals surface area contributed by atoms with Crippen molar-refractivity contribution in [2.45, 2.75) is 36.2 Å². The molecule has 2 unspecified atom stereocenters. The Bertz CT molecular complexity index is 1630. The minimum atomic E-state index is -1.60.